The van der Waals surface area contributed by atoms with Gasteiger partial charge in [0, 0.05) is 30.7 Å². The van der Waals surface area contributed by atoms with Gasteiger partial charge in [-0.15, -0.1) is 0 Å². The van der Waals surface area contributed by atoms with Gasteiger partial charge < -0.3 is 0 Å². The van der Waals surface area contributed by atoms with Crippen LogP contribution in [0.1, 0.15) is 34.6 Å². The van der Waals surface area contributed by atoms with Crippen LogP contribution in [0.25, 0.3) is 0 Å². The standard InChI is InChI=1S/C11H24N2S/c1-9-8-13(14-6)10(2)7-12(9)11(3,4)5/h9-10H,7-8H2,1-6H3/t9-,10+/m0/s1. The van der Waals surface area contributed by atoms with Crippen LogP contribution in [-0.4, -0.2) is 46.2 Å². The molecule has 0 aromatic rings. The van der Waals surface area contributed by atoms with Gasteiger partial charge in [-0.05, 0) is 40.9 Å². The molecule has 1 aliphatic heterocycles. The maximum Gasteiger partial charge on any atom is 0.0302 e. The lowest BCUT2D eigenvalue weighted by molar-refractivity contribution is 0.0245. The third-order valence-corrected chi connectivity index (χ3v) is 4.00. The summed E-state index contributed by atoms with van der Waals surface area (Å²) in [5.41, 5.74) is 0.304. The van der Waals surface area contributed by atoms with Crippen molar-refractivity contribution in [1.82, 2.24) is 9.21 Å². The molecule has 0 saturated carbocycles. The maximum absolute atomic E-state index is 2.62. The summed E-state index contributed by atoms with van der Waals surface area (Å²) in [6.07, 6.45) is 2.18. The Hall–Kier alpha value is 0.270. The SMILES string of the molecule is CSN1C[C@H](C)N(C(C)(C)C)C[C@H]1C. The topological polar surface area (TPSA) is 6.48 Å². The third kappa shape index (κ3) is 2.65. The van der Waals surface area contributed by atoms with Gasteiger partial charge >= 0.3 is 0 Å². The van der Waals surface area contributed by atoms with Crippen LogP contribution < -0.4 is 0 Å². The Morgan fingerprint density at radius 3 is 2.07 bits per heavy atom. The third-order valence-electron chi connectivity index (χ3n) is 3.02. The van der Waals surface area contributed by atoms with E-state index in [1.165, 1.54) is 13.1 Å². The minimum Gasteiger partial charge on any atom is -0.293 e. The molecule has 0 N–H and O–H groups in total. The van der Waals surface area contributed by atoms with Crippen LogP contribution in [0.2, 0.25) is 0 Å². The summed E-state index contributed by atoms with van der Waals surface area (Å²) in [4.78, 5) is 2.62. The van der Waals surface area contributed by atoms with Crippen molar-refractivity contribution in [3.63, 3.8) is 0 Å². The van der Waals surface area contributed by atoms with E-state index in [1.807, 2.05) is 11.9 Å². The molecule has 1 aliphatic rings. The Morgan fingerprint density at radius 2 is 1.64 bits per heavy atom. The van der Waals surface area contributed by atoms with E-state index in [1.54, 1.807) is 0 Å². The highest BCUT2D eigenvalue weighted by atomic mass is 32.2. The van der Waals surface area contributed by atoms with Crippen LogP contribution in [0.3, 0.4) is 0 Å². The Morgan fingerprint density at radius 1 is 1.07 bits per heavy atom. The second-order valence-corrected chi connectivity index (χ2v) is 6.14. The van der Waals surface area contributed by atoms with E-state index in [4.69, 9.17) is 0 Å². The maximum atomic E-state index is 2.62. The molecule has 2 atom stereocenters. The average Bonchev–Trinajstić information content (AvgIpc) is 2.06. The van der Waals surface area contributed by atoms with E-state index < -0.39 is 0 Å². The highest BCUT2D eigenvalue weighted by molar-refractivity contribution is 7.96. The number of nitrogens with zero attached hydrogens (tertiary/aromatic N) is 2. The predicted octanol–water partition coefficient (Wildman–Crippen LogP) is 2.46. The van der Waals surface area contributed by atoms with Gasteiger partial charge in [0.2, 0.25) is 0 Å². The van der Waals surface area contributed by atoms with Crippen molar-refractivity contribution in [2.24, 2.45) is 0 Å². The second-order valence-electron chi connectivity index (χ2n) is 5.30. The lowest BCUT2D eigenvalue weighted by atomic mass is 10.00. The zero-order valence-electron chi connectivity index (χ0n) is 10.4. The fourth-order valence-electron chi connectivity index (χ4n) is 2.28. The molecule has 84 valence electrons. The van der Waals surface area contributed by atoms with E-state index in [0.29, 0.717) is 17.6 Å². The van der Waals surface area contributed by atoms with Gasteiger partial charge in [-0.25, -0.2) is 4.31 Å². The second kappa shape index (κ2) is 4.42. The molecule has 0 aromatic heterocycles. The van der Waals surface area contributed by atoms with E-state index in [0.717, 1.165) is 0 Å². The van der Waals surface area contributed by atoms with Crippen molar-refractivity contribution in [2.45, 2.75) is 52.2 Å². The molecule has 0 radical (unpaired) electrons. The minimum atomic E-state index is 0.304. The summed E-state index contributed by atoms with van der Waals surface area (Å²) in [6.45, 7) is 14.0. The van der Waals surface area contributed by atoms with Crippen molar-refractivity contribution in [3.8, 4) is 0 Å². The van der Waals surface area contributed by atoms with Crippen LogP contribution in [0, 0.1) is 0 Å². The molecule has 1 heterocycles. The Kier molecular flexibility index (Phi) is 3.89. The molecule has 2 nitrogen and oxygen atoms in total. The molecule has 1 saturated heterocycles. The van der Waals surface area contributed by atoms with Crippen molar-refractivity contribution in [2.75, 3.05) is 19.3 Å². The molecule has 14 heavy (non-hydrogen) atoms. The number of hydrogen-bond donors (Lipinski definition) is 0. The molecule has 0 aliphatic carbocycles. The lowest BCUT2D eigenvalue weighted by Crippen LogP contribution is -2.59. The zero-order valence-corrected chi connectivity index (χ0v) is 11.2. The quantitative estimate of drug-likeness (QED) is 0.622. The monoisotopic (exact) mass is 216 g/mol. The van der Waals surface area contributed by atoms with Crippen molar-refractivity contribution in [3.05, 3.63) is 0 Å². The molecule has 3 heteroatoms. The zero-order chi connectivity index (χ0) is 10.9. The van der Waals surface area contributed by atoms with Gasteiger partial charge in [0.05, 0.1) is 0 Å². The molecule has 0 spiro atoms. The van der Waals surface area contributed by atoms with Crippen LogP contribution >= 0.6 is 11.9 Å². The molecule has 1 rings (SSSR count). The largest absolute Gasteiger partial charge is 0.293 e. The minimum absolute atomic E-state index is 0.304. The summed E-state index contributed by atoms with van der Waals surface area (Å²) < 4.78 is 2.49. The van der Waals surface area contributed by atoms with Gasteiger partial charge in [-0.2, -0.15) is 0 Å². The normalized spacial score (nSPS) is 32.1. The Bertz CT molecular complexity index is 188. The molecular formula is C11H24N2S. The molecule has 0 amide bonds. The van der Waals surface area contributed by atoms with Crippen molar-refractivity contribution >= 4 is 11.9 Å². The first kappa shape index (κ1) is 12.3. The van der Waals surface area contributed by atoms with Crippen LogP contribution in [0.4, 0.5) is 0 Å². The number of hydrogen-bond acceptors (Lipinski definition) is 3. The summed E-state index contributed by atoms with van der Waals surface area (Å²) in [5.74, 6) is 0. The van der Waals surface area contributed by atoms with Gasteiger partial charge in [0.25, 0.3) is 0 Å². The first-order chi connectivity index (χ1) is 6.36. The molecular weight excluding hydrogens is 192 g/mol. The molecule has 0 bridgehead atoms. The smallest absolute Gasteiger partial charge is 0.0302 e. The highest BCUT2D eigenvalue weighted by Gasteiger charge is 2.34. The predicted molar refractivity (Wildman–Crippen MR) is 65.6 cm³/mol. The summed E-state index contributed by atoms with van der Waals surface area (Å²) in [5, 5.41) is 0. The van der Waals surface area contributed by atoms with Gasteiger partial charge in [-0.1, -0.05) is 11.9 Å². The number of rotatable bonds is 1. The van der Waals surface area contributed by atoms with E-state index in [9.17, 15) is 0 Å². The Labute approximate surface area is 93.2 Å². The molecule has 1 fully saturated rings. The fraction of sp³-hybridized carbons (Fsp3) is 1.00. The van der Waals surface area contributed by atoms with Crippen LogP contribution in [0.5, 0.6) is 0 Å². The van der Waals surface area contributed by atoms with Crippen molar-refractivity contribution in [1.29, 1.82) is 0 Å². The number of piperazine rings is 1. The summed E-state index contributed by atoms with van der Waals surface area (Å²) in [7, 11) is 0. The van der Waals surface area contributed by atoms with E-state index in [-0.39, 0.29) is 0 Å². The lowest BCUT2D eigenvalue weighted by Gasteiger charge is -2.49. The van der Waals surface area contributed by atoms with Gasteiger partial charge in [0.15, 0.2) is 0 Å². The van der Waals surface area contributed by atoms with Gasteiger partial charge in [-0.3, -0.25) is 4.90 Å². The summed E-state index contributed by atoms with van der Waals surface area (Å²) >= 11 is 1.88. The van der Waals surface area contributed by atoms with E-state index >= 15 is 0 Å². The van der Waals surface area contributed by atoms with Gasteiger partial charge in [0.1, 0.15) is 0 Å². The molecule has 0 aromatic carbocycles. The highest BCUT2D eigenvalue weighted by Crippen LogP contribution is 2.26. The fourth-order valence-corrected chi connectivity index (χ4v) is 3.08. The molecule has 0 unspecified atom stereocenters. The van der Waals surface area contributed by atoms with Crippen molar-refractivity contribution < 1.29 is 0 Å². The first-order valence-corrected chi connectivity index (χ1v) is 6.62. The van der Waals surface area contributed by atoms with E-state index in [2.05, 4.69) is 50.1 Å². The van der Waals surface area contributed by atoms with Crippen LogP contribution in [-0.2, 0) is 0 Å². The summed E-state index contributed by atoms with van der Waals surface area (Å²) in [6, 6.07) is 1.33. The average molecular weight is 216 g/mol. The Balaban J connectivity index is 2.67. The first-order valence-electron chi connectivity index (χ1n) is 5.43. The van der Waals surface area contributed by atoms with Crippen LogP contribution in [0.15, 0.2) is 0 Å².